The first-order chi connectivity index (χ1) is 12.7. The van der Waals surface area contributed by atoms with Gasteiger partial charge in [0.2, 0.25) is 0 Å². The van der Waals surface area contributed by atoms with E-state index in [0.717, 1.165) is 37.1 Å². The Morgan fingerprint density at radius 2 is 1.88 bits per heavy atom. The van der Waals surface area contributed by atoms with Crippen LogP contribution >= 0.6 is 0 Å². The molecule has 4 rings (SSSR count). The number of hydrogen-bond donors (Lipinski definition) is 0. The van der Waals surface area contributed by atoms with Crippen LogP contribution in [-0.4, -0.2) is 51.4 Å². The molecule has 1 aromatic carbocycles. The minimum atomic E-state index is 0.0203. The molecule has 0 radical (unpaired) electrons. The van der Waals surface area contributed by atoms with Crippen LogP contribution in [0.15, 0.2) is 60.9 Å². The molecular formula is C21H22N4O. The number of para-hydroxylation sites is 1. The van der Waals surface area contributed by atoms with Crippen molar-refractivity contribution in [1.82, 2.24) is 19.8 Å². The van der Waals surface area contributed by atoms with Crippen LogP contribution in [0.2, 0.25) is 0 Å². The zero-order chi connectivity index (χ0) is 17.9. The first-order valence-electron chi connectivity index (χ1n) is 9.02. The minimum absolute atomic E-state index is 0.0203. The predicted molar refractivity (Wildman–Crippen MR) is 102 cm³/mol. The molecule has 2 aromatic heterocycles. The van der Waals surface area contributed by atoms with Crippen LogP contribution < -0.4 is 0 Å². The largest absolute Gasteiger partial charge is 0.334 e. The molecular weight excluding hydrogens is 324 g/mol. The summed E-state index contributed by atoms with van der Waals surface area (Å²) in [6.45, 7) is 5.53. The van der Waals surface area contributed by atoms with Crippen LogP contribution in [0.25, 0.3) is 10.9 Å². The molecule has 5 heteroatoms. The maximum atomic E-state index is 12.7. The van der Waals surface area contributed by atoms with E-state index in [1.807, 2.05) is 65.8 Å². The van der Waals surface area contributed by atoms with Crippen LogP contribution in [0.5, 0.6) is 0 Å². The van der Waals surface area contributed by atoms with E-state index in [1.165, 1.54) is 5.56 Å². The fraction of sp³-hybridized carbons (Fsp3) is 0.286. The van der Waals surface area contributed by atoms with Gasteiger partial charge in [0.25, 0.3) is 5.91 Å². The van der Waals surface area contributed by atoms with Gasteiger partial charge in [-0.3, -0.25) is 14.7 Å². The van der Waals surface area contributed by atoms with Gasteiger partial charge in [0.1, 0.15) is 5.69 Å². The van der Waals surface area contributed by atoms with E-state index in [9.17, 15) is 4.79 Å². The van der Waals surface area contributed by atoms with E-state index in [-0.39, 0.29) is 5.91 Å². The average Bonchev–Trinajstić information content (AvgIpc) is 2.66. The summed E-state index contributed by atoms with van der Waals surface area (Å²) in [5, 5.41) is 1.06. The van der Waals surface area contributed by atoms with Crippen molar-refractivity contribution in [2.75, 3.05) is 19.6 Å². The SMILES string of the molecule is CCN(Cc1ccncc1)C1CN(C(=O)c2ccc3ccccc3n2)C1. The lowest BCUT2D eigenvalue weighted by Crippen LogP contribution is -2.60. The van der Waals surface area contributed by atoms with Crippen molar-refractivity contribution in [1.29, 1.82) is 0 Å². The third kappa shape index (κ3) is 3.30. The van der Waals surface area contributed by atoms with Gasteiger partial charge in [-0.25, -0.2) is 4.98 Å². The molecule has 0 bridgehead atoms. The Morgan fingerprint density at radius 3 is 2.65 bits per heavy atom. The molecule has 0 spiro atoms. The van der Waals surface area contributed by atoms with Crippen LogP contribution in [0.3, 0.4) is 0 Å². The van der Waals surface area contributed by atoms with E-state index in [4.69, 9.17) is 0 Å². The smallest absolute Gasteiger partial charge is 0.272 e. The maximum Gasteiger partial charge on any atom is 0.272 e. The number of nitrogens with zero attached hydrogens (tertiary/aromatic N) is 4. The number of likely N-dealkylation sites (tertiary alicyclic amines) is 1. The summed E-state index contributed by atoms with van der Waals surface area (Å²) in [6, 6.07) is 16.2. The number of rotatable bonds is 5. The Balaban J connectivity index is 1.40. The topological polar surface area (TPSA) is 49.3 Å². The molecule has 1 aliphatic heterocycles. The number of benzene rings is 1. The van der Waals surface area contributed by atoms with Gasteiger partial charge < -0.3 is 4.90 Å². The third-order valence-corrected chi connectivity index (χ3v) is 5.02. The number of amides is 1. The number of carbonyl (C=O) groups is 1. The third-order valence-electron chi connectivity index (χ3n) is 5.02. The Hall–Kier alpha value is -2.79. The fourth-order valence-electron chi connectivity index (χ4n) is 3.42. The molecule has 0 aliphatic carbocycles. The Labute approximate surface area is 153 Å². The highest BCUT2D eigenvalue weighted by Crippen LogP contribution is 2.20. The Kier molecular flexibility index (Phi) is 4.63. The second-order valence-electron chi connectivity index (χ2n) is 6.67. The Morgan fingerprint density at radius 1 is 1.12 bits per heavy atom. The van der Waals surface area contributed by atoms with Gasteiger partial charge >= 0.3 is 0 Å². The molecule has 1 fully saturated rings. The van der Waals surface area contributed by atoms with Crippen molar-refractivity contribution < 1.29 is 4.79 Å². The van der Waals surface area contributed by atoms with Crippen molar-refractivity contribution >= 4 is 16.8 Å². The summed E-state index contributed by atoms with van der Waals surface area (Å²) >= 11 is 0. The first kappa shape index (κ1) is 16.7. The lowest BCUT2D eigenvalue weighted by Gasteiger charge is -2.45. The van der Waals surface area contributed by atoms with Gasteiger partial charge in [-0.05, 0) is 36.4 Å². The summed E-state index contributed by atoms with van der Waals surface area (Å²) in [7, 11) is 0. The summed E-state index contributed by atoms with van der Waals surface area (Å²) in [4.78, 5) is 25.6. The van der Waals surface area contributed by atoms with E-state index < -0.39 is 0 Å². The number of carbonyl (C=O) groups excluding carboxylic acids is 1. The molecule has 5 nitrogen and oxygen atoms in total. The normalized spacial score (nSPS) is 14.6. The van der Waals surface area contributed by atoms with Crippen molar-refractivity contribution in [2.24, 2.45) is 0 Å². The molecule has 1 amide bonds. The molecule has 3 heterocycles. The van der Waals surface area contributed by atoms with E-state index in [1.54, 1.807) is 0 Å². The zero-order valence-electron chi connectivity index (χ0n) is 14.9. The van der Waals surface area contributed by atoms with Crippen molar-refractivity contribution in [3.05, 3.63) is 72.2 Å². The fourth-order valence-corrected chi connectivity index (χ4v) is 3.42. The number of hydrogen-bond acceptors (Lipinski definition) is 4. The summed E-state index contributed by atoms with van der Waals surface area (Å²) in [5.74, 6) is 0.0203. The molecule has 1 saturated heterocycles. The summed E-state index contributed by atoms with van der Waals surface area (Å²) < 4.78 is 0. The second kappa shape index (κ2) is 7.22. The number of aromatic nitrogens is 2. The molecule has 132 valence electrons. The number of pyridine rings is 2. The van der Waals surface area contributed by atoms with Crippen LogP contribution in [0.1, 0.15) is 23.0 Å². The quantitative estimate of drug-likeness (QED) is 0.713. The average molecular weight is 346 g/mol. The molecule has 0 N–H and O–H groups in total. The van der Waals surface area contributed by atoms with Crippen molar-refractivity contribution in [3.8, 4) is 0 Å². The van der Waals surface area contributed by atoms with E-state index in [0.29, 0.717) is 11.7 Å². The zero-order valence-corrected chi connectivity index (χ0v) is 14.9. The van der Waals surface area contributed by atoms with Gasteiger partial charge in [0.15, 0.2) is 0 Å². The first-order valence-corrected chi connectivity index (χ1v) is 9.02. The lowest BCUT2D eigenvalue weighted by molar-refractivity contribution is 0.0249. The number of fused-ring (bicyclic) bond motifs is 1. The predicted octanol–water partition coefficient (Wildman–Crippen LogP) is 2.98. The minimum Gasteiger partial charge on any atom is -0.334 e. The molecule has 0 saturated carbocycles. The van der Waals surface area contributed by atoms with Crippen LogP contribution in [0.4, 0.5) is 0 Å². The summed E-state index contributed by atoms with van der Waals surface area (Å²) in [6.07, 6.45) is 3.65. The monoisotopic (exact) mass is 346 g/mol. The van der Waals surface area contributed by atoms with Gasteiger partial charge in [-0.15, -0.1) is 0 Å². The highest BCUT2D eigenvalue weighted by atomic mass is 16.2. The van der Waals surface area contributed by atoms with Gasteiger partial charge in [-0.2, -0.15) is 0 Å². The molecule has 3 aromatic rings. The molecule has 0 atom stereocenters. The Bertz CT molecular complexity index is 906. The van der Waals surface area contributed by atoms with Crippen LogP contribution in [0, 0.1) is 0 Å². The van der Waals surface area contributed by atoms with Gasteiger partial charge in [0.05, 0.1) is 5.52 Å². The van der Waals surface area contributed by atoms with Gasteiger partial charge in [-0.1, -0.05) is 31.2 Å². The van der Waals surface area contributed by atoms with Crippen molar-refractivity contribution in [2.45, 2.75) is 19.5 Å². The maximum absolute atomic E-state index is 12.7. The van der Waals surface area contributed by atoms with Crippen molar-refractivity contribution in [3.63, 3.8) is 0 Å². The number of likely N-dealkylation sites (N-methyl/N-ethyl adjacent to an activating group) is 1. The van der Waals surface area contributed by atoms with E-state index in [2.05, 4.69) is 21.8 Å². The van der Waals surface area contributed by atoms with E-state index >= 15 is 0 Å². The standard InChI is InChI=1S/C21H22N4O/c1-2-24(13-16-9-11-22-12-10-16)18-14-25(15-18)21(26)20-8-7-17-5-3-4-6-19(17)23-20/h3-12,18H,2,13-15H2,1H3. The molecule has 0 unspecified atom stereocenters. The highest BCUT2D eigenvalue weighted by molar-refractivity contribution is 5.95. The van der Waals surface area contributed by atoms with Gasteiger partial charge in [0, 0.05) is 43.5 Å². The summed E-state index contributed by atoms with van der Waals surface area (Å²) in [5.41, 5.74) is 2.64. The molecule has 26 heavy (non-hydrogen) atoms. The lowest BCUT2D eigenvalue weighted by atomic mass is 10.0. The second-order valence-corrected chi connectivity index (χ2v) is 6.67. The highest BCUT2D eigenvalue weighted by Gasteiger charge is 2.35. The molecule has 1 aliphatic rings. The van der Waals surface area contributed by atoms with Crippen LogP contribution in [-0.2, 0) is 6.54 Å².